The monoisotopic (exact) mass is 182 g/mol. The highest BCUT2D eigenvalue weighted by atomic mass is 19.1. The van der Waals surface area contributed by atoms with E-state index in [9.17, 15) is 9.18 Å². The van der Waals surface area contributed by atoms with Crippen molar-refractivity contribution in [3.63, 3.8) is 0 Å². The lowest BCUT2D eigenvalue weighted by molar-refractivity contribution is -0.121. The van der Waals surface area contributed by atoms with E-state index in [0.717, 1.165) is 5.56 Å². The molecular weight excluding hydrogens is 171 g/mol. The highest BCUT2D eigenvalue weighted by Gasteiger charge is 2.02. The third kappa shape index (κ3) is 3.34. The molecule has 13 heavy (non-hydrogen) atoms. The van der Waals surface area contributed by atoms with Gasteiger partial charge in [0.05, 0.1) is 0 Å². The van der Waals surface area contributed by atoms with Crippen LogP contribution < -0.4 is 0 Å². The van der Waals surface area contributed by atoms with Crippen LogP contribution in [0.5, 0.6) is 0 Å². The molecule has 0 heterocycles. The van der Waals surface area contributed by atoms with Crippen LogP contribution in [-0.4, -0.2) is 19.5 Å². The van der Waals surface area contributed by atoms with Gasteiger partial charge in [-0.25, -0.2) is 4.39 Å². The number of rotatable bonds is 4. The molecule has 0 saturated carbocycles. The Labute approximate surface area is 76.3 Å². The van der Waals surface area contributed by atoms with Crippen LogP contribution in [0.25, 0.3) is 0 Å². The standard InChI is InChI=1S/C10H11FO2/c1-13-7-10(12)6-8-2-4-9(11)5-3-8/h2-5H,6-7H2,1H3. The van der Waals surface area contributed by atoms with Gasteiger partial charge in [0.1, 0.15) is 12.4 Å². The van der Waals surface area contributed by atoms with Crippen molar-refractivity contribution in [2.45, 2.75) is 6.42 Å². The van der Waals surface area contributed by atoms with Crippen LogP contribution in [0.3, 0.4) is 0 Å². The average Bonchev–Trinajstić information content (AvgIpc) is 2.09. The molecule has 0 aliphatic rings. The van der Waals surface area contributed by atoms with E-state index in [0.29, 0.717) is 6.42 Å². The number of benzene rings is 1. The second-order valence-corrected chi connectivity index (χ2v) is 2.77. The fourth-order valence-corrected chi connectivity index (χ4v) is 1.04. The molecule has 2 nitrogen and oxygen atoms in total. The highest BCUT2D eigenvalue weighted by Crippen LogP contribution is 2.03. The average molecular weight is 182 g/mol. The molecule has 0 radical (unpaired) electrons. The molecule has 3 heteroatoms. The van der Waals surface area contributed by atoms with Crippen molar-refractivity contribution in [1.82, 2.24) is 0 Å². The van der Waals surface area contributed by atoms with E-state index in [1.165, 1.54) is 19.2 Å². The van der Waals surface area contributed by atoms with Gasteiger partial charge in [-0.1, -0.05) is 12.1 Å². The summed E-state index contributed by atoms with van der Waals surface area (Å²) in [4.78, 5) is 11.1. The number of carbonyl (C=O) groups excluding carboxylic acids is 1. The zero-order valence-electron chi connectivity index (χ0n) is 7.42. The molecule has 1 rings (SSSR count). The summed E-state index contributed by atoms with van der Waals surface area (Å²) in [7, 11) is 1.47. The summed E-state index contributed by atoms with van der Waals surface area (Å²) in [5.74, 6) is -0.294. The summed E-state index contributed by atoms with van der Waals surface area (Å²) in [5.41, 5.74) is 0.809. The molecule has 0 aliphatic heterocycles. The zero-order chi connectivity index (χ0) is 9.68. The van der Waals surface area contributed by atoms with Gasteiger partial charge in [0, 0.05) is 13.5 Å². The van der Waals surface area contributed by atoms with Crippen molar-refractivity contribution < 1.29 is 13.9 Å². The number of carbonyl (C=O) groups is 1. The number of Topliss-reactive ketones (excluding diaryl/α,β-unsaturated/α-hetero) is 1. The number of ether oxygens (including phenoxy) is 1. The summed E-state index contributed by atoms with van der Waals surface area (Å²) < 4.78 is 17.1. The molecule has 0 aliphatic carbocycles. The maximum Gasteiger partial charge on any atom is 0.162 e. The van der Waals surface area contributed by atoms with Gasteiger partial charge in [0.15, 0.2) is 5.78 Å². The minimum Gasteiger partial charge on any atom is -0.377 e. The van der Waals surface area contributed by atoms with E-state index >= 15 is 0 Å². The van der Waals surface area contributed by atoms with E-state index in [-0.39, 0.29) is 18.2 Å². The molecule has 70 valence electrons. The first-order valence-electron chi connectivity index (χ1n) is 3.97. The Morgan fingerprint density at radius 1 is 1.38 bits per heavy atom. The van der Waals surface area contributed by atoms with Gasteiger partial charge in [-0.3, -0.25) is 4.79 Å². The molecule has 0 N–H and O–H groups in total. The molecular formula is C10H11FO2. The lowest BCUT2D eigenvalue weighted by Gasteiger charge is -1.99. The molecule has 0 spiro atoms. The summed E-state index contributed by atoms with van der Waals surface area (Å²) in [6.45, 7) is 0.109. The highest BCUT2D eigenvalue weighted by molar-refractivity contribution is 5.81. The Bertz CT molecular complexity index is 279. The SMILES string of the molecule is COCC(=O)Cc1ccc(F)cc1. The van der Waals surface area contributed by atoms with Gasteiger partial charge in [0.25, 0.3) is 0 Å². The van der Waals surface area contributed by atoms with Crippen LogP contribution in [0.1, 0.15) is 5.56 Å². The quantitative estimate of drug-likeness (QED) is 0.706. The van der Waals surface area contributed by atoms with Crippen molar-refractivity contribution in [2.75, 3.05) is 13.7 Å². The molecule has 0 bridgehead atoms. The van der Waals surface area contributed by atoms with E-state index in [4.69, 9.17) is 0 Å². The molecule has 0 fully saturated rings. The maximum absolute atomic E-state index is 12.5. The second kappa shape index (κ2) is 4.72. The molecule has 0 atom stereocenters. The number of halogens is 1. The van der Waals surface area contributed by atoms with Gasteiger partial charge >= 0.3 is 0 Å². The first-order valence-corrected chi connectivity index (χ1v) is 3.97. The Morgan fingerprint density at radius 2 is 2.00 bits per heavy atom. The Morgan fingerprint density at radius 3 is 2.54 bits per heavy atom. The van der Waals surface area contributed by atoms with Crippen LogP contribution in [-0.2, 0) is 16.0 Å². The molecule has 0 unspecified atom stereocenters. The predicted molar refractivity (Wildman–Crippen MR) is 47.0 cm³/mol. The summed E-state index contributed by atoms with van der Waals surface area (Å²) in [6.07, 6.45) is 0.300. The normalized spacial score (nSPS) is 10.0. The number of methoxy groups -OCH3 is 1. The smallest absolute Gasteiger partial charge is 0.162 e. The lowest BCUT2D eigenvalue weighted by Crippen LogP contribution is -2.09. The van der Waals surface area contributed by atoms with E-state index < -0.39 is 0 Å². The van der Waals surface area contributed by atoms with Gasteiger partial charge in [-0.05, 0) is 17.7 Å². The first kappa shape index (κ1) is 9.86. The summed E-state index contributed by atoms with van der Waals surface area (Å²) in [5, 5.41) is 0. The number of ketones is 1. The van der Waals surface area contributed by atoms with Crippen molar-refractivity contribution in [3.05, 3.63) is 35.6 Å². The number of hydrogen-bond donors (Lipinski definition) is 0. The van der Waals surface area contributed by atoms with E-state index in [1.807, 2.05) is 0 Å². The number of hydrogen-bond acceptors (Lipinski definition) is 2. The van der Waals surface area contributed by atoms with E-state index in [2.05, 4.69) is 4.74 Å². The topological polar surface area (TPSA) is 26.3 Å². The molecule has 1 aromatic rings. The zero-order valence-corrected chi connectivity index (χ0v) is 7.42. The van der Waals surface area contributed by atoms with E-state index in [1.54, 1.807) is 12.1 Å². The van der Waals surface area contributed by atoms with Crippen molar-refractivity contribution in [1.29, 1.82) is 0 Å². The first-order chi connectivity index (χ1) is 6.22. The fourth-order valence-electron chi connectivity index (χ4n) is 1.04. The van der Waals surface area contributed by atoms with Crippen LogP contribution in [0.15, 0.2) is 24.3 Å². The Hall–Kier alpha value is -1.22. The molecule has 0 amide bonds. The summed E-state index contributed by atoms with van der Waals surface area (Å²) >= 11 is 0. The summed E-state index contributed by atoms with van der Waals surface area (Å²) in [6, 6.07) is 5.89. The molecule has 1 aromatic carbocycles. The third-order valence-corrected chi connectivity index (χ3v) is 1.62. The van der Waals surface area contributed by atoms with Gasteiger partial charge < -0.3 is 4.74 Å². The maximum atomic E-state index is 12.5. The predicted octanol–water partition coefficient (Wildman–Crippen LogP) is 1.58. The van der Waals surface area contributed by atoms with Crippen molar-refractivity contribution in [2.24, 2.45) is 0 Å². The van der Waals surface area contributed by atoms with Crippen molar-refractivity contribution >= 4 is 5.78 Å². The van der Waals surface area contributed by atoms with Gasteiger partial charge in [0.2, 0.25) is 0 Å². The van der Waals surface area contributed by atoms with Crippen LogP contribution >= 0.6 is 0 Å². The molecule has 0 aromatic heterocycles. The van der Waals surface area contributed by atoms with Gasteiger partial charge in [-0.15, -0.1) is 0 Å². The Balaban J connectivity index is 2.54. The minimum absolute atomic E-state index is 0.00546. The molecule has 0 saturated heterocycles. The van der Waals surface area contributed by atoms with Crippen LogP contribution in [0.2, 0.25) is 0 Å². The van der Waals surface area contributed by atoms with Crippen molar-refractivity contribution in [3.8, 4) is 0 Å². The lowest BCUT2D eigenvalue weighted by atomic mass is 10.1. The minimum atomic E-state index is -0.289. The van der Waals surface area contributed by atoms with Crippen LogP contribution in [0.4, 0.5) is 4.39 Å². The third-order valence-electron chi connectivity index (χ3n) is 1.62. The second-order valence-electron chi connectivity index (χ2n) is 2.77. The Kier molecular flexibility index (Phi) is 3.58. The van der Waals surface area contributed by atoms with Gasteiger partial charge in [-0.2, -0.15) is 0 Å². The fraction of sp³-hybridized carbons (Fsp3) is 0.300. The largest absolute Gasteiger partial charge is 0.377 e. The van der Waals surface area contributed by atoms with Crippen LogP contribution in [0, 0.1) is 5.82 Å².